The zero-order valence-electron chi connectivity index (χ0n) is 22.8. The first kappa shape index (κ1) is 29.0. The summed E-state index contributed by atoms with van der Waals surface area (Å²) in [6.45, 7) is 8.66. The van der Waals surface area contributed by atoms with E-state index in [-0.39, 0.29) is 29.7 Å². The van der Waals surface area contributed by atoms with Crippen molar-refractivity contribution in [3.63, 3.8) is 0 Å². The van der Waals surface area contributed by atoms with E-state index < -0.39 is 6.04 Å². The van der Waals surface area contributed by atoms with Gasteiger partial charge in [0.15, 0.2) is 0 Å². The number of allylic oxidation sites excluding steroid dienone is 1. The first-order valence-electron chi connectivity index (χ1n) is 13.6. The normalized spacial score (nSPS) is 18.8. The van der Waals surface area contributed by atoms with Crippen LogP contribution >= 0.6 is 11.3 Å². The highest BCUT2D eigenvalue weighted by molar-refractivity contribution is 7.11. The lowest BCUT2D eigenvalue weighted by molar-refractivity contribution is -0.129. The highest BCUT2D eigenvalue weighted by atomic mass is 32.1. The van der Waals surface area contributed by atoms with Crippen molar-refractivity contribution < 1.29 is 14.4 Å². The molecule has 3 atom stereocenters. The van der Waals surface area contributed by atoms with Crippen LogP contribution in [-0.4, -0.2) is 66.9 Å². The Morgan fingerprint density at radius 3 is 2.57 bits per heavy atom. The molecule has 3 rings (SSSR count). The first-order valence-corrected chi connectivity index (χ1v) is 14.4. The Morgan fingerprint density at radius 2 is 1.92 bits per heavy atom. The van der Waals surface area contributed by atoms with E-state index >= 15 is 0 Å². The molecular weight excluding hydrogens is 486 g/mol. The molecule has 204 valence electrons. The number of rotatable bonds is 13. The molecule has 1 fully saturated rings. The minimum absolute atomic E-state index is 0.168. The van der Waals surface area contributed by atoms with Crippen LogP contribution in [0.15, 0.2) is 18.2 Å². The number of aromatic nitrogens is 1. The number of hydrogen-bond acceptors (Lipinski definition) is 6. The lowest BCUT2D eigenvalue weighted by Gasteiger charge is -2.28. The Bertz CT molecular complexity index is 996. The number of thiazole rings is 1. The average Bonchev–Trinajstić information content (AvgIpc) is 3.54. The molecule has 0 aliphatic heterocycles. The number of amides is 3. The molecule has 3 N–H and O–H groups in total. The first-order chi connectivity index (χ1) is 17.7. The predicted molar refractivity (Wildman–Crippen MR) is 149 cm³/mol. The number of fused-ring (bicyclic) bond motifs is 1. The van der Waals surface area contributed by atoms with Gasteiger partial charge in [0.2, 0.25) is 17.7 Å². The van der Waals surface area contributed by atoms with Gasteiger partial charge in [0.05, 0.1) is 10.7 Å². The topological polar surface area (TPSA) is 103 Å². The van der Waals surface area contributed by atoms with E-state index in [1.54, 1.807) is 18.3 Å². The van der Waals surface area contributed by atoms with E-state index in [0.29, 0.717) is 37.4 Å². The summed E-state index contributed by atoms with van der Waals surface area (Å²) in [6.07, 6.45) is 11.3. The van der Waals surface area contributed by atoms with Crippen molar-refractivity contribution in [3.05, 3.63) is 33.8 Å². The van der Waals surface area contributed by atoms with E-state index in [1.165, 1.54) is 4.88 Å². The summed E-state index contributed by atoms with van der Waals surface area (Å²) in [6, 6.07) is -0.917. The van der Waals surface area contributed by atoms with Gasteiger partial charge >= 0.3 is 0 Å². The SMILES string of the molecule is C=C(CN(C)C)C(=O)NC[C@@H](NC(=O)[C@H](Cc1nc2c(s1)CC(CC)C=C2)NC(=O)CC)C1CCCC1. The molecule has 2 aliphatic carbocycles. The number of nitrogens with one attached hydrogen (secondary N) is 3. The maximum absolute atomic E-state index is 13.5. The van der Waals surface area contributed by atoms with Crippen LogP contribution in [-0.2, 0) is 27.2 Å². The molecule has 1 saturated carbocycles. The van der Waals surface area contributed by atoms with Crippen molar-refractivity contribution in [2.45, 2.75) is 77.3 Å². The smallest absolute Gasteiger partial charge is 0.247 e. The summed E-state index contributed by atoms with van der Waals surface area (Å²) in [5, 5.41) is 9.91. The van der Waals surface area contributed by atoms with Crippen LogP contribution in [0.3, 0.4) is 0 Å². The maximum atomic E-state index is 13.5. The van der Waals surface area contributed by atoms with Gasteiger partial charge in [-0.25, -0.2) is 4.98 Å². The highest BCUT2D eigenvalue weighted by Crippen LogP contribution is 2.30. The third kappa shape index (κ3) is 8.50. The molecule has 3 amide bonds. The molecule has 1 aromatic heterocycles. The second-order valence-corrected chi connectivity index (χ2v) is 11.7. The zero-order chi connectivity index (χ0) is 26.9. The van der Waals surface area contributed by atoms with Crippen molar-refractivity contribution in [3.8, 4) is 0 Å². The van der Waals surface area contributed by atoms with Gasteiger partial charge in [-0.1, -0.05) is 39.3 Å². The predicted octanol–water partition coefficient (Wildman–Crippen LogP) is 3.08. The van der Waals surface area contributed by atoms with Crippen molar-refractivity contribution in [2.75, 3.05) is 27.2 Å². The van der Waals surface area contributed by atoms with Crippen LogP contribution in [0.4, 0.5) is 0 Å². The van der Waals surface area contributed by atoms with Crippen molar-refractivity contribution in [2.24, 2.45) is 11.8 Å². The number of carbonyl (C=O) groups excluding carboxylic acids is 3. The molecule has 1 aromatic rings. The van der Waals surface area contributed by atoms with Gasteiger partial charge in [-0.15, -0.1) is 11.3 Å². The summed E-state index contributed by atoms with van der Waals surface area (Å²) in [7, 11) is 3.78. The summed E-state index contributed by atoms with van der Waals surface area (Å²) < 4.78 is 0. The van der Waals surface area contributed by atoms with Gasteiger partial charge in [0.1, 0.15) is 6.04 Å². The molecule has 37 heavy (non-hydrogen) atoms. The Morgan fingerprint density at radius 1 is 1.19 bits per heavy atom. The molecular formula is C28H43N5O3S. The van der Waals surface area contributed by atoms with E-state index in [2.05, 4.69) is 41.6 Å². The van der Waals surface area contributed by atoms with Crippen molar-refractivity contribution >= 4 is 35.1 Å². The highest BCUT2D eigenvalue weighted by Gasteiger charge is 2.31. The van der Waals surface area contributed by atoms with Gasteiger partial charge in [-0.2, -0.15) is 0 Å². The van der Waals surface area contributed by atoms with Crippen LogP contribution in [0.25, 0.3) is 6.08 Å². The van der Waals surface area contributed by atoms with E-state index in [4.69, 9.17) is 4.98 Å². The number of carbonyl (C=O) groups is 3. The molecule has 1 heterocycles. The van der Waals surface area contributed by atoms with Gasteiger partial charge in [0, 0.05) is 42.4 Å². The summed E-state index contributed by atoms with van der Waals surface area (Å²) >= 11 is 1.64. The van der Waals surface area contributed by atoms with Crippen molar-refractivity contribution in [1.29, 1.82) is 0 Å². The molecule has 0 saturated heterocycles. The van der Waals surface area contributed by atoms with Crippen molar-refractivity contribution in [1.82, 2.24) is 25.8 Å². The van der Waals surface area contributed by atoms with Gasteiger partial charge in [-0.3, -0.25) is 14.4 Å². The molecule has 0 aromatic carbocycles. The summed E-state index contributed by atoms with van der Waals surface area (Å²) in [5.74, 6) is 0.218. The molecule has 2 aliphatic rings. The fraction of sp³-hybridized carbons (Fsp3) is 0.643. The second-order valence-electron chi connectivity index (χ2n) is 10.5. The van der Waals surface area contributed by atoms with Crippen LogP contribution in [0.2, 0.25) is 0 Å². The summed E-state index contributed by atoms with van der Waals surface area (Å²) in [4.78, 5) is 46.3. The molecule has 0 spiro atoms. The van der Waals surface area contributed by atoms with Gasteiger partial charge < -0.3 is 20.9 Å². The number of hydrogen-bond donors (Lipinski definition) is 3. The van der Waals surface area contributed by atoms with Crippen LogP contribution in [0.5, 0.6) is 0 Å². The summed E-state index contributed by atoms with van der Waals surface area (Å²) in [5.41, 5.74) is 1.47. The fourth-order valence-corrected chi connectivity index (χ4v) is 6.23. The maximum Gasteiger partial charge on any atom is 0.247 e. The minimum Gasteiger partial charge on any atom is -0.350 e. The molecule has 8 nitrogen and oxygen atoms in total. The monoisotopic (exact) mass is 529 g/mol. The molecule has 1 unspecified atom stereocenters. The number of nitrogens with zero attached hydrogens (tertiary/aromatic N) is 2. The largest absolute Gasteiger partial charge is 0.350 e. The van der Waals surface area contributed by atoms with Crippen LogP contribution in [0, 0.1) is 11.8 Å². The standard InChI is InChI=1S/C28H43N5O3S/c1-6-19-12-13-21-24(14-19)37-26(31-21)15-22(30-25(34)7-2)28(36)32-23(20-10-8-9-11-20)16-29-27(35)18(3)17-33(4)5/h12-13,19-20,22-23H,3,6-11,14-17H2,1-2,4-5H3,(H,29,35)(H,30,34)(H,32,36)/t19?,22-,23+/m0/s1. The Labute approximate surface area is 225 Å². The Balaban J connectivity index is 1.70. The van der Waals surface area contributed by atoms with E-state index in [1.807, 2.05) is 19.0 Å². The Hall–Kier alpha value is -2.52. The fourth-order valence-electron chi connectivity index (χ4n) is 5.03. The zero-order valence-corrected chi connectivity index (χ0v) is 23.6. The van der Waals surface area contributed by atoms with E-state index in [0.717, 1.165) is 49.2 Å². The van der Waals surface area contributed by atoms with Gasteiger partial charge in [0.25, 0.3) is 0 Å². The van der Waals surface area contributed by atoms with E-state index in [9.17, 15) is 14.4 Å². The van der Waals surface area contributed by atoms with Crippen LogP contribution in [0.1, 0.15) is 68.0 Å². The molecule has 0 bridgehead atoms. The molecule has 9 heteroatoms. The minimum atomic E-state index is -0.714. The third-order valence-corrected chi connectivity index (χ3v) is 8.34. The number of likely N-dealkylation sites (N-methyl/N-ethyl adjacent to an activating group) is 1. The molecule has 0 radical (unpaired) electrons. The third-order valence-electron chi connectivity index (χ3n) is 7.23. The van der Waals surface area contributed by atoms with Crippen LogP contribution < -0.4 is 16.0 Å². The lowest BCUT2D eigenvalue weighted by atomic mass is 9.96. The lowest BCUT2D eigenvalue weighted by Crippen LogP contribution is -2.54. The van der Waals surface area contributed by atoms with Gasteiger partial charge in [-0.05, 0) is 57.7 Å². The quantitative estimate of drug-likeness (QED) is 0.341. The Kier molecular flexibility index (Phi) is 10.9. The second kappa shape index (κ2) is 13.9. The average molecular weight is 530 g/mol.